The Morgan fingerprint density at radius 3 is 2.59 bits per heavy atom. The van der Waals surface area contributed by atoms with Gasteiger partial charge in [0.1, 0.15) is 6.17 Å². The molecule has 0 amide bonds. The summed E-state index contributed by atoms with van der Waals surface area (Å²) in [5.41, 5.74) is 1.97. The van der Waals surface area contributed by atoms with Crippen molar-refractivity contribution in [3.63, 3.8) is 0 Å². The van der Waals surface area contributed by atoms with Crippen LogP contribution in [0.2, 0.25) is 0 Å². The summed E-state index contributed by atoms with van der Waals surface area (Å²) in [6, 6.07) is 0. The predicted octanol–water partition coefficient (Wildman–Crippen LogP) is 7.34. The van der Waals surface area contributed by atoms with E-state index >= 15 is 4.39 Å². The van der Waals surface area contributed by atoms with Crippen LogP contribution in [0.5, 0.6) is 0 Å². The Labute approximate surface area is 178 Å². The van der Waals surface area contributed by atoms with E-state index in [2.05, 4.69) is 40.7 Å². The van der Waals surface area contributed by atoms with Gasteiger partial charge < -0.3 is 5.11 Å². The lowest BCUT2D eigenvalue weighted by Gasteiger charge is -2.58. The van der Waals surface area contributed by atoms with Crippen molar-refractivity contribution < 1.29 is 9.50 Å². The Hall–Kier alpha value is -0.370. The van der Waals surface area contributed by atoms with Crippen molar-refractivity contribution in [3.05, 3.63) is 11.6 Å². The number of halogens is 1. The molecule has 0 saturated heterocycles. The van der Waals surface area contributed by atoms with Crippen LogP contribution in [-0.2, 0) is 0 Å². The predicted molar refractivity (Wildman–Crippen MR) is 119 cm³/mol. The SMILES string of the molecule is CC(C)CCC[C@@H](C)[C@H]1[C@H](F)C[C@H]2[C@@H]3CC=C4C[C@@H](O)CC[C@]4(C)[C@H]3CC[C@]12C. The van der Waals surface area contributed by atoms with E-state index in [0.29, 0.717) is 23.7 Å². The zero-order valence-electron chi connectivity index (χ0n) is 19.6. The molecule has 3 saturated carbocycles. The van der Waals surface area contributed by atoms with Crippen LogP contribution in [-0.4, -0.2) is 17.4 Å². The van der Waals surface area contributed by atoms with E-state index in [-0.39, 0.29) is 22.9 Å². The highest BCUT2D eigenvalue weighted by atomic mass is 19.1. The second-order valence-corrected chi connectivity index (χ2v) is 12.3. The number of rotatable bonds is 5. The summed E-state index contributed by atoms with van der Waals surface area (Å²) >= 11 is 0. The minimum absolute atomic E-state index is 0.141. The van der Waals surface area contributed by atoms with Gasteiger partial charge in [0.25, 0.3) is 0 Å². The van der Waals surface area contributed by atoms with Gasteiger partial charge in [-0.05, 0) is 91.3 Å². The molecule has 3 fully saturated rings. The van der Waals surface area contributed by atoms with Crippen LogP contribution in [0.15, 0.2) is 11.6 Å². The van der Waals surface area contributed by atoms with Crippen LogP contribution in [0.1, 0.15) is 98.8 Å². The molecule has 0 aliphatic heterocycles. The lowest BCUT2D eigenvalue weighted by Crippen LogP contribution is -2.51. The monoisotopic (exact) mass is 404 g/mol. The van der Waals surface area contributed by atoms with E-state index in [9.17, 15) is 5.11 Å². The van der Waals surface area contributed by atoms with E-state index in [1.165, 1.54) is 37.7 Å². The first-order valence-corrected chi connectivity index (χ1v) is 12.7. The molecule has 0 heterocycles. The highest BCUT2D eigenvalue weighted by Gasteiger charge is 2.62. The number of aliphatic hydroxyl groups excluding tert-OH is 1. The molecule has 9 atom stereocenters. The lowest BCUT2D eigenvalue weighted by molar-refractivity contribution is -0.0595. The van der Waals surface area contributed by atoms with Crippen molar-refractivity contribution in [3.8, 4) is 0 Å². The Balaban J connectivity index is 1.53. The fraction of sp³-hybridized carbons (Fsp3) is 0.926. The summed E-state index contributed by atoms with van der Waals surface area (Å²) in [5.74, 6) is 3.43. The number of aliphatic hydroxyl groups is 1. The molecule has 0 radical (unpaired) electrons. The molecule has 4 aliphatic carbocycles. The third-order valence-corrected chi connectivity index (χ3v) is 10.2. The van der Waals surface area contributed by atoms with Crippen molar-refractivity contribution in [1.29, 1.82) is 0 Å². The molecule has 1 N–H and O–H groups in total. The summed E-state index contributed by atoms with van der Waals surface area (Å²) in [6.45, 7) is 11.9. The fourth-order valence-corrected chi connectivity index (χ4v) is 8.68. The fourth-order valence-electron chi connectivity index (χ4n) is 8.68. The molecule has 166 valence electrons. The van der Waals surface area contributed by atoms with Crippen molar-refractivity contribution in [1.82, 2.24) is 0 Å². The lowest BCUT2D eigenvalue weighted by atomic mass is 9.47. The Kier molecular flexibility index (Phi) is 5.99. The number of allylic oxidation sites excluding steroid dienone is 1. The van der Waals surface area contributed by atoms with Crippen molar-refractivity contribution in [2.45, 2.75) is 111 Å². The van der Waals surface area contributed by atoms with E-state index < -0.39 is 6.17 Å². The van der Waals surface area contributed by atoms with Crippen LogP contribution >= 0.6 is 0 Å². The Bertz CT molecular complexity index is 626. The highest BCUT2D eigenvalue weighted by molar-refractivity contribution is 5.25. The van der Waals surface area contributed by atoms with Crippen LogP contribution in [0.4, 0.5) is 4.39 Å². The molecule has 0 aromatic rings. The van der Waals surface area contributed by atoms with Gasteiger partial charge in [-0.1, -0.05) is 65.5 Å². The second kappa shape index (κ2) is 7.95. The van der Waals surface area contributed by atoms with Gasteiger partial charge in [0.05, 0.1) is 6.10 Å². The standard InChI is InChI=1S/C27H45FO/c1-17(2)7-6-8-18(3)25-24(28)16-23-21-10-9-19-15-20(29)11-13-26(19,4)22(21)12-14-27(23,25)5/h9,17-18,20-25,29H,6-8,10-16H2,1-5H3/t18-,20+,21-,22+,23+,24-,25+,26+,27+/m1/s1. The van der Waals surface area contributed by atoms with Crippen molar-refractivity contribution in [2.24, 2.45) is 46.3 Å². The second-order valence-electron chi connectivity index (χ2n) is 12.3. The summed E-state index contributed by atoms with van der Waals surface area (Å²) in [7, 11) is 0. The number of alkyl halides is 1. The summed E-state index contributed by atoms with van der Waals surface area (Å²) in [6.07, 6.45) is 12.8. The van der Waals surface area contributed by atoms with Gasteiger partial charge >= 0.3 is 0 Å². The molecule has 1 nitrogen and oxygen atoms in total. The third-order valence-electron chi connectivity index (χ3n) is 10.2. The number of hydrogen-bond acceptors (Lipinski definition) is 1. The first-order valence-electron chi connectivity index (χ1n) is 12.7. The van der Waals surface area contributed by atoms with E-state index in [4.69, 9.17) is 0 Å². The van der Waals surface area contributed by atoms with Gasteiger partial charge in [-0.2, -0.15) is 0 Å². The largest absolute Gasteiger partial charge is 0.393 e. The van der Waals surface area contributed by atoms with E-state index in [0.717, 1.165) is 38.0 Å². The van der Waals surface area contributed by atoms with Gasteiger partial charge in [-0.25, -0.2) is 4.39 Å². The van der Waals surface area contributed by atoms with Gasteiger partial charge in [-0.15, -0.1) is 0 Å². The zero-order chi connectivity index (χ0) is 21.0. The summed E-state index contributed by atoms with van der Waals surface area (Å²) in [5, 5.41) is 10.2. The molecular weight excluding hydrogens is 359 g/mol. The molecule has 0 unspecified atom stereocenters. The molecule has 4 aliphatic rings. The average Bonchev–Trinajstić information content (AvgIpc) is 2.92. The molecule has 0 spiro atoms. The highest BCUT2D eigenvalue weighted by Crippen LogP contribution is 2.67. The first kappa shape index (κ1) is 21.8. The van der Waals surface area contributed by atoms with Crippen LogP contribution in [0, 0.1) is 46.3 Å². The normalized spacial score (nSPS) is 47.9. The maximum absolute atomic E-state index is 15.6. The van der Waals surface area contributed by atoms with Gasteiger partial charge in [-0.3, -0.25) is 0 Å². The molecule has 0 bridgehead atoms. The summed E-state index contributed by atoms with van der Waals surface area (Å²) < 4.78 is 15.6. The van der Waals surface area contributed by atoms with Crippen molar-refractivity contribution >= 4 is 0 Å². The zero-order valence-corrected chi connectivity index (χ0v) is 19.6. The maximum atomic E-state index is 15.6. The topological polar surface area (TPSA) is 20.2 Å². The Morgan fingerprint density at radius 2 is 1.86 bits per heavy atom. The molecule has 2 heteroatoms. The van der Waals surface area contributed by atoms with Crippen molar-refractivity contribution in [2.75, 3.05) is 0 Å². The average molecular weight is 405 g/mol. The van der Waals surface area contributed by atoms with Crippen LogP contribution in [0.3, 0.4) is 0 Å². The number of fused-ring (bicyclic) bond motifs is 5. The smallest absolute Gasteiger partial charge is 0.104 e. The molecule has 0 aromatic heterocycles. The third kappa shape index (κ3) is 3.64. The molecular formula is C27H45FO. The van der Waals surface area contributed by atoms with E-state index in [1.54, 1.807) is 0 Å². The Morgan fingerprint density at radius 1 is 1.10 bits per heavy atom. The maximum Gasteiger partial charge on any atom is 0.104 e. The minimum atomic E-state index is -0.607. The summed E-state index contributed by atoms with van der Waals surface area (Å²) in [4.78, 5) is 0. The first-order chi connectivity index (χ1) is 13.7. The number of hydrogen-bond donors (Lipinski definition) is 1. The van der Waals surface area contributed by atoms with Crippen LogP contribution < -0.4 is 0 Å². The van der Waals surface area contributed by atoms with Gasteiger partial charge in [0, 0.05) is 0 Å². The van der Waals surface area contributed by atoms with Gasteiger partial charge in [0.15, 0.2) is 0 Å². The van der Waals surface area contributed by atoms with Gasteiger partial charge in [0.2, 0.25) is 0 Å². The van der Waals surface area contributed by atoms with Crippen LogP contribution in [0.25, 0.3) is 0 Å². The molecule has 0 aromatic carbocycles. The molecule has 29 heavy (non-hydrogen) atoms. The quantitative estimate of drug-likeness (QED) is 0.475. The van der Waals surface area contributed by atoms with E-state index in [1.807, 2.05) is 0 Å². The molecule has 4 rings (SSSR count). The minimum Gasteiger partial charge on any atom is -0.393 e.